The van der Waals surface area contributed by atoms with Crippen molar-refractivity contribution in [2.45, 2.75) is 19.4 Å². The summed E-state index contributed by atoms with van der Waals surface area (Å²) >= 11 is 11.8. The molecule has 2 rings (SSSR count). The lowest BCUT2D eigenvalue weighted by Gasteiger charge is -2.21. The molecule has 18 heavy (non-hydrogen) atoms. The summed E-state index contributed by atoms with van der Waals surface area (Å²) in [5.41, 5.74) is 6.20. The van der Waals surface area contributed by atoms with Crippen molar-refractivity contribution >= 4 is 29.1 Å². The van der Waals surface area contributed by atoms with Crippen LogP contribution in [0.5, 0.6) is 0 Å². The largest absolute Gasteiger partial charge is 0.336 e. The third-order valence-electron chi connectivity index (χ3n) is 3.37. The molecule has 2 atom stereocenters. The number of halogens is 2. The molecule has 1 saturated heterocycles. The van der Waals surface area contributed by atoms with Gasteiger partial charge in [-0.3, -0.25) is 4.79 Å². The number of likely N-dealkylation sites (tertiary alicyclic amines) is 1. The molecule has 3 nitrogen and oxygen atoms in total. The number of hydrogen-bond acceptors (Lipinski definition) is 2. The molecule has 2 unspecified atom stereocenters. The second-order valence-electron chi connectivity index (χ2n) is 4.80. The van der Waals surface area contributed by atoms with Crippen molar-refractivity contribution in [3.8, 4) is 0 Å². The van der Waals surface area contributed by atoms with Crippen molar-refractivity contribution < 1.29 is 4.79 Å². The minimum absolute atomic E-state index is 0.0251. The summed E-state index contributed by atoms with van der Waals surface area (Å²) in [5.74, 6) is 0.362. The van der Waals surface area contributed by atoms with Gasteiger partial charge in [-0.2, -0.15) is 0 Å². The third kappa shape index (κ3) is 2.79. The zero-order valence-electron chi connectivity index (χ0n) is 10.2. The van der Waals surface area contributed by atoms with Crippen LogP contribution in [-0.2, 0) is 0 Å². The molecule has 0 bridgehead atoms. The zero-order chi connectivity index (χ0) is 13.3. The van der Waals surface area contributed by atoms with Gasteiger partial charge in [-0.25, -0.2) is 0 Å². The Morgan fingerprint density at radius 1 is 1.39 bits per heavy atom. The first kappa shape index (κ1) is 13.7. The summed E-state index contributed by atoms with van der Waals surface area (Å²) in [7, 11) is 0. The van der Waals surface area contributed by atoms with Crippen molar-refractivity contribution in [2.24, 2.45) is 11.7 Å². The summed E-state index contributed by atoms with van der Waals surface area (Å²) in [6.07, 6.45) is 0.955. The van der Waals surface area contributed by atoms with E-state index in [1.165, 1.54) is 0 Å². The van der Waals surface area contributed by atoms with E-state index in [2.05, 4.69) is 0 Å². The molecule has 1 heterocycles. The molecule has 1 aromatic carbocycles. The van der Waals surface area contributed by atoms with Crippen LogP contribution in [0, 0.1) is 5.92 Å². The molecule has 98 valence electrons. The first-order valence-electron chi connectivity index (χ1n) is 5.98. The molecule has 1 aliphatic rings. The van der Waals surface area contributed by atoms with E-state index in [0.29, 0.717) is 34.6 Å². The minimum atomic E-state index is -0.0251. The number of hydrogen-bond donors (Lipinski definition) is 1. The van der Waals surface area contributed by atoms with Crippen LogP contribution in [0.4, 0.5) is 0 Å². The number of carbonyl (C=O) groups excluding carboxylic acids is 1. The predicted molar refractivity (Wildman–Crippen MR) is 74.1 cm³/mol. The van der Waals surface area contributed by atoms with Gasteiger partial charge < -0.3 is 10.6 Å². The van der Waals surface area contributed by atoms with E-state index in [-0.39, 0.29) is 11.9 Å². The van der Waals surface area contributed by atoms with Crippen molar-refractivity contribution in [3.05, 3.63) is 33.8 Å². The molecule has 1 aliphatic heterocycles. The van der Waals surface area contributed by atoms with Gasteiger partial charge >= 0.3 is 0 Å². The highest BCUT2D eigenvalue weighted by atomic mass is 35.5. The van der Waals surface area contributed by atoms with Crippen molar-refractivity contribution in [1.29, 1.82) is 0 Å². The molecule has 0 aliphatic carbocycles. The summed E-state index contributed by atoms with van der Waals surface area (Å²) in [5, 5.41) is 0.959. The lowest BCUT2D eigenvalue weighted by Crippen LogP contribution is -2.34. The molecular weight excluding hydrogens is 271 g/mol. The van der Waals surface area contributed by atoms with Crippen LogP contribution in [0.1, 0.15) is 23.7 Å². The first-order chi connectivity index (χ1) is 8.51. The molecule has 0 radical (unpaired) electrons. The van der Waals surface area contributed by atoms with Gasteiger partial charge in [0.1, 0.15) is 0 Å². The van der Waals surface area contributed by atoms with Crippen LogP contribution in [-0.4, -0.2) is 29.9 Å². The van der Waals surface area contributed by atoms with E-state index >= 15 is 0 Å². The fraction of sp³-hybridized carbons (Fsp3) is 0.462. The van der Waals surface area contributed by atoms with Crippen LogP contribution in [0.25, 0.3) is 0 Å². The number of benzene rings is 1. The molecule has 1 aromatic rings. The Kier molecular flexibility index (Phi) is 4.15. The van der Waals surface area contributed by atoms with E-state index in [1.807, 2.05) is 11.8 Å². The molecule has 0 saturated carbocycles. The van der Waals surface area contributed by atoms with E-state index < -0.39 is 0 Å². The van der Waals surface area contributed by atoms with Gasteiger partial charge in [0.25, 0.3) is 5.91 Å². The predicted octanol–water partition coefficient (Wildman–Crippen LogP) is 2.80. The van der Waals surface area contributed by atoms with Crippen molar-refractivity contribution in [2.75, 3.05) is 13.1 Å². The second-order valence-corrected chi connectivity index (χ2v) is 5.67. The Hall–Kier alpha value is -0.770. The monoisotopic (exact) mass is 286 g/mol. The number of rotatable bonds is 2. The Morgan fingerprint density at radius 3 is 2.50 bits per heavy atom. The SMILES string of the molecule is CC1CC(CN)CN1C(=O)c1cc(Cl)cc(Cl)c1. The number of nitrogens with two attached hydrogens (primary N) is 1. The fourth-order valence-electron chi connectivity index (χ4n) is 2.44. The molecule has 1 amide bonds. The van der Waals surface area contributed by atoms with Crippen LogP contribution < -0.4 is 5.73 Å². The average Bonchev–Trinajstić information content (AvgIpc) is 2.68. The van der Waals surface area contributed by atoms with Crippen LogP contribution in [0.15, 0.2) is 18.2 Å². The number of carbonyl (C=O) groups is 1. The number of amides is 1. The molecule has 0 spiro atoms. The topological polar surface area (TPSA) is 46.3 Å². The maximum absolute atomic E-state index is 12.4. The van der Waals surface area contributed by atoms with E-state index in [1.54, 1.807) is 18.2 Å². The van der Waals surface area contributed by atoms with Crippen molar-refractivity contribution in [3.63, 3.8) is 0 Å². The Balaban J connectivity index is 2.21. The standard InChI is InChI=1S/C13H16Cl2N2O/c1-8-2-9(6-16)7-17(8)13(18)10-3-11(14)5-12(15)4-10/h3-5,8-9H,2,6-7,16H2,1H3. The molecule has 2 N–H and O–H groups in total. The molecule has 0 aromatic heterocycles. The Bertz CT molecular complexity index is 444. The van der Waals surface area contributed by atoms with E-state index in [4.69, 9.17) is 28.9 Å². The van der Waals surface area contributed by atoms with Gasteiger partial charge in [0, 0.05) is 28.2 Å². The van der Waals surface area contributed by atoms with E-state index in [0.717, 1.165) is 6.42 Å². The maximum atomic E-state index is 12.4. The van der Waals surface area contributed by atoms with Gasteiger partial charge in [-0.15, -0.1) is 0 Å². The highest BCUT2D eigenvalue weighted by molar-refractivity contribution is 6.35. The molecule has 1 fully saturated rings. The van der Waals surface area contributed by atoms with Gasteiger partial charge in [0.05, 0.1) is 0 Å². The van der Waals surface area contributed by atoms with Gasteiger partial charge in [-0.05, 0) is 44.0 Å². The van der Waals surface area contributed by atoms with Gasteiger partial charge in [-0.1, -0.05) is 23.2 Å². The lowest BCUT2D eigenvalue weighted by molar-refractivity contribution is 0.0743. The normalized spacial score (nSPS) is 23.4. The summed E-state index contributed by atoms with van der Waals surface area (Å²) in [6, 6.07) is 5.13. The molecular formula is C13H16Cl2N2O. The van der Waals surface area contributed by atoms with Crippen molar-refractivity contribution in [1.82, 2.24) is 4.90 Å². The lowest BCUT2D eigenvalue weighted by atomic mass is 10.1. The van der Waals surface area contributed by atoms with Crippen LogP contribution >= 0.6 is 23.2 Å². The zero-order valence-corrected chi connectivity index (χ0v) is 11.7. The quantitative estimate of drug-likeness (QED) is 0.909. The number of nitrogens with zero attached hydrogens (tertiary/aromatic N) is 1. The third-order valence-corrected chi connectivity index (χ3v) is 3.80. The first-order valence-corrected chi connectivity index (χ1v) is 6.74. The van der Waals surface area contributed by atoms with Gasteiger partial charge in [0.2, 0.25) is 0 Å². The average molecular weight is 287 g/mol. The second kappa shape index (κ2) is 5.47. The Labute approximate surface area is 117 Å². The molecule has 5 heteroatoms. The van der Waals surface area contributed by atoms with Crippen LogP contribution in [0.2, 0.25) is 10.0 Å². The summed E-state index contributed by atoms with van der Waals surface area (Å²) < 4.78 is 0. The summed E-state index contributed by atoms with van der Waals surface area (Å²) in [4.78, 5) is 14.2. The van der Waals surface area contributed by atoms with Gasteiger partial charge in [0.15, 0.2) is 0 Å². The fourth-order valence-corrected chi connectivity index (χ4v) is 2.97. The van der Waals surface area contributed by atoms with Crippen LogP contribution in [0.3, 0.4) is 0 Å². The Morgan fingerprint density at radius 2 is 2.00 bits per heavy atom. The minimum Gasteiger partial charge on any atom is -0.336 e. The smallest absolute Gasteiger partial charge is 0.254 e. The highest BCUT2D eigenvalue weighted by Gasteiger charge is 2.32. The maximum Gasteiger partial charge on any atom is 0.254 e. The summed E-state index contributed by atoms with van der Waals surface area (Å²) in [6.45, 7) is 3.37. The highest BCUT2D eigenvalue weighted by Crippen LogP contribution is 2.26. The van der Waals surface area contributed by atoms with E-state index in [9.17, 15) is 4.79 Å².